The van der Waals surface area contributed by atoms with Gasteiger partial charge >= 0.3 is 0 Å². The molecule has 0 saturated heterocycles. The number of amides is 2. The number of thioether (sulfide) groups is 2. The Hall–Kier alpha value is -6.24. The van der Waals surface area contributed by atoms with E-state index in [-0.39, 0.29) is 34.7 Å². The summed E-state index contributed by atoms with van der Waals surface area (Å²) in [5, 5.41) is 27.8. The number of hydrogen-bond acceptors (Lipinski definition) is 10. The molecule has 0 bridgehead atoms. The molecule has 0 saturated carbocycles. The fourth-order valence-corrected chi connectivity index (χ4v) is 8.69. The first-order valence-corrected chi connectivity index (χ1v) is 18.2. The predicted octanol–water partition coefficient (Wildman–Crippen LogP) is 7.36. The molecule has 2 amide bonds. The molecule has 12 heteroatoms. The number of phenolic OH excluding ortho intramolecular Hbond substituents is 2. The maximum atomic E-state index is 14.0. The molecule has 4 N–H and O–H groups in total. The molecule has 0 aromatic heterocycles. The van der Waals surface area contributed by atoms with Crippen molar-refractivity contribution >= 4 is 70.5 Å². The number of phenols is 2. The van der Waals surface area contributed by atoms with Crippen molar-refractivity contribution in [1.82, 2.24) is 9.80 Å². The van der Waals surface area contributed by atoms with Crippen LogP contribution in [0, 0.1) is 0 Å². The topological polar surface area (TPSA) is 130 Å². The van der Waals surface area contributed by atoms with E-state index >= 15 is 0 Å². The molecular formula is C40H28N6O4S2. The van der Waals surface area contributed by atoms with E-state index in [9.17, 15) is 19.8 Å². The second-order valence-electron chi connectivity index (χ2n) is 12.2. The van der Waals surface area contributed by atoms with Gasteiger partial charge in [-0.2, -0.15) is 0 Å². The zero-order chi connectivity index (χ0) is 35.3. The highest BCUT2D eigenvalue weighted by atomic mass is 32.2. The van der Waals surface area contributed by atoms with E-state index in [0.717, 1.165) is 32.3 Å². The molecule has 9 rings (SSSR count). The van der Waals surface area contributed by atoms with Crippen LogP contribution in [0.4, 0.5) is 11.4 Å². The third-order valence-electron chi connectivity index (χ3n) is 8.89. The quantitative estimate of drug-likeness (QED) is 0.134. The van der Waals surface area contributed by atoms with Crippen LogP contribution in [0.2, 0.25) is 0 Å². The standard InChI is InChI=1S/C40H28N6O4S2/c47-31-17-9-7-15-25(31)19-29-37(49)45(35(41-29)23-11-3-1-4-12-23)39-43-27-21-34-28(22-33(27)51-39)44-40(52-34)46-36(24-13-5-2-6-14-24)42-30(38(46)50)20-26-16-8-10-18-32(26)48/h1-22,39-40,43-44,47-48H/b29-19-,30-20-. The zero-order valence-electron chi connectivity index (χ0n) is 27.2. The van der Waals surface area contributed by atoms with Crippen LogP contribution in [0.1, 0.15) is 22.3 Å². The van der Waals surface area contributed by atoms with Crippen molar-refractivity contribution in [3.05, 3.63) is 155 Å². The molecule has 5 aromatic rings. The largest absolute Gasteiger partial charge is 0.507 e. The number of benzene rings is 5. The van der Waals surface area contributed by atoms with Crippen LogP contribution in [0.25, 0.3) is 12.2 Å². The highest BCUT2D eigenvalue weighted by molar-refractivity contribution is 8.01. The Kier molecular flexibility index (Phi) is 7.82. The normalized spacial score (nSPS) is 20.5. The van der Waals surface area contributed by atoms with Crippen LogP contribution in [0.5, 0.6) is 11.5 Å². The van der Waals surface area contributed by atoms with Gasteiger partial charge in [0.05, 0.1) is 11.4 Å². The maximum absolute atomic E-state index is 14.0. The highest BCUT2D eigenvalue weighted by Gasteiger charge is 2.43. The van der Waals surface area contributed by atoms with Gasteiger partial charge in [-0.1, -0.05) is 121 Å². The number of nitrogens with zero attached hydrogens (tertiary/aromatic N) is 4. The average molecular weight is 721 g/mol. The van der Waals surface area contributed by atoms with Gasteiger partial charge in [-0.15, -0.1) is 0 Å². The molecule has 10 nitrogen and oxygen atoms in total. The monoisotopic (exact) mass is 720 g/mol. The van der Waals surface area contributed by atoms with Crippen LogP contribution >= 0.6 is 23.5 Å². The second-order valence-corrected chi connectivity index (χ2v) is 14.4. The van der Waals surface area contributed by atoms with Gasteiger partial charge in [0.2, 0.25) is 0 Å². The van der Waals surface area contributed by atoms with E-state index in [2.05, 4.69) is 10.6 Å². The molecule has 0 aliphatic carbocycles. The number of carbonyl (C=O) groups is 2. The summed E-state index contributed by atoms with van der Waals surface area (Å²) >= 11 is 3.00. The second kappa shape index (κ2) is 12.8. The summed E-state index contributed by atoms with van der Waals surface area (Å²) in [7, 11) is 0. The van der Waals surface area contributed by atoms with Crippen molar-refractivity contribution < 1.29 is 19.8 Å². The zero-order valence-corrected chi connectivity index (χ0v) is 28.8. The molecule has 2 unspecified atom stereocenters. The van der Waals surface area contributed by atoms with E-state index in [1.165, 1.54) is 23.5 Å². The van der Waals surface area contributed by atoms with Gasteiger partial charge in [0, 0.05) is 32.0 Å². The summed E-state index contributed by atoms with van der Waals surface area (Å²) in [5.41, 5.74) is 3.78. The number of amidine groups is 2. The Bertz CT molecular complexity index is 2210. The number of hydrogen-bond donors (Lipinski definition) is 4. The number of nitrogens with one attached hydrogen (secondary N) is 2. The minimum Gasteiger partial charge on any atom is -0.507 e. The molecular weight excluding hydrogens is 693 g/mol. The Balaban J connectivity index is 0.993. The van der Waals surface area contributed by atoms with Crippen LogP contribution in [-0.2, 0) is 9.59 Å². The first kappa shape index (κ1) is 31.7. The van der Waals surface area contributed by atoms with Gasteiger partial charge in [-0.3, -0.25) is 19.4 Å². The summed E-state index contributed by atoms with van der Waals surface area (Å²) in [6.45, 7) is 0. The fraction of sp³-hybridized carbons (Fsp3) is 0.0500. The lowest BCUT2D eigenvalue weighted by Crippen LogP contribution is -2.42. The van der Waals surface area contributed by atoms with Crippen molar-refractivity contribution in [2.24, 2.45) is 9.98 Å². The summed E-state index contributed by atoms with van der Waals surface area (Å²) in [5.74, 6) is 0.589. The van der Waals surface area contributed by atoms with Crippen LogP contribution in [-0.4, -0.2) is 54.5 Å². The third kappa shape index (κ3) is 5.58. The van der Waals surface area contributed by atoms with E-state index in [1.807, 2.05) is 72.8 Å². The number of rotatable bonds is 6. The Labute approximate surface area is 306 Å². The first-order valence-electron chi connectivity index (χ1n) is 16.4. The Morgan fingerprint density at radius 2 is 0.942 bits per heavy atom. The fourth-order valence-electron chi connectivity index (χ4n) is 6.37. The molecule has 52 heavy (non-hydrogen) atoms. The smallest absolute Gasteiger partial charge is 0.280 e. The first-order chi connectivity index (χ1) is 25.4. The van der Waals surface area contributed by atoms with E-state index in [1.54, 1.807) is 70.5 Å². The van der Waals surface area contributed by atoms with Crippen LogP contribution in [0.3, 0.4) is 0 Å². The molecule has 4 aliphatic heterocycles. The Morgan fingerprint density at radius 3 is 1.35 bits per heavy atom. The number of anilines is 2. The number of aliphatic imine (C=N–C) groups is 2. The lowest BCUT2D eigenvalue weighted by molar-refractivity contribution is -0.123. The predicted molar refractivity (Wildman–Crippen MR) is 205 cm³/mol. The number of carbonyl (C=O) groups excluding carboxylic acids is 2. The molecule has 0 spiro atoms. The number of para-hydroxylation sites is 2. The minimum atomic E-state index is -0.487. The van der Waals surface area contributed by atoms with Gasteiger partial charge in [-0.25, -0.2) is 9.98 Å². The van der Waals surface area contributed by atoms with E-state index in [0.29, 0.717) is 22.8 Å². The highest BCUT2D eigenvalue weighted by Crippen LogP contribution is 2.50. The van der Waals surface area contributed by atoms with Gasteiger partial charge in [0.25, 0.3) is 11.8 Å². The minimum absolute atomic E-state index is 0.0665. The molecule has 254 valence electrons. The molecule has 5 aromatic carbocycles. The Morgan fingerprint density at radius 1 is 0.558 bits per heavy atom. The summed E-state index contributed by atoms with van der Waals surface area (Å²) in [6.07, 6.45) is 3.22. The van der Waals surface area contributed by atoms with Crippen molar-refractivity contribution in [3.8, 4) is 11.5 Å². The van der Waals surface area contributed by atoms with E-state index in [4.69, 9.17) is 9.98 Å². The maximum Gasteiger partial charge on any atom is 0.280 e. The molecule has 0 radical (unpaired) electrons. The van der Waals surface area contributed by atoms with E-state index < -0.39 is 11.0 Å². The van der Waals surface area contributed by atoms with Crippen molar-refractivity contribution in [3.63, 3.8) is 0 Å². The lowest BCUT2D eigenvalue weighted by Gasteiger charge is -2.25. The molecule has 4 heterocycles. The SMILES string of the molecule is O=C1/C(=C/c2ccccc2O)N=C(c2ccccc2)N1C1Nc2cc3c(cc2S1)NC(N1C(=O)/C(=C/c2ccccc2O)N=C1c1ccccc1)S3. The summed E-state index contributed by atoms with van der Waals surface area (Å²) in [4.78, 5) is 42.7. The molecule has 0 fully saturated rings. The van der Waals surface area contributed by atoms with Crippen LogP contribution in [0.15, 0.2) is 152 Å². The van der Waals surface area contributed by atoms with Gasteiger partial charge < -0.3 is 20.8 Å². The molecule has 4 aliphatic rings. The van der Waals surface area contributed by atoms with Gasteiger partial charge in [0.15, 0.2) is 11.0 Å². The van der Waals surface area contributed by atoms with Gasteiger partial charge in [-0.05, 0) is 36.4 Å². The number of fused-ring (bicyclic) bond motifs is 2. The summed E-state index contributed by atoms with van der Waals surface area (Å²) < 4.78 is 0. The number of aromatic hydroxyl groups is 2. The average Bonchev–Trinajstić information content (AvgIpc) is 3.92. The lowest BCUT2D eigenvalue weighted by atomic mass is 10.1. The van der Waals surface area contributed by atoms with Gasteiger partial charge in [0.1, 0.15) is 34.6 Å². The summed E-state index contributed by atoms with van der Waals surface area (Å²) in [6, 6.07) is 36.9. The third-order valence-corrected chi connectivity index (χ3v) is 11.2. The molecule has 2 atom stereocenters. The van der Waals surface area contributed by atoms with Crippen molar-refractivity contribution in [2.45, 2.75) is 20.8 Å². The van der Waals surface area contributed by atoms with Crippen molar-refractivity contribution in [1.29, 1.82) is 0 Å². The van der Waals surface area contributed by atoms with Crippen LogP contribution < -0.4 is 10.6 Å². The van der Waals surface area contributed by atoms with Crippen molar-refractivity contribution in [2.75, 3.05) is 10.6 Å².